The van der Waals surface area contributed by atoms with Crippen LogP contribution in [0, 0.1) is 0 Å². The zero-order valence-corrected chi connectivity index (χ0v) is 13.9. The molecule has 126 valence electrons. The predicted octanol–water partition coefficient (Wildman–Crippen LogP) is 2.66. The summed E-state index contributed by atoms with van der Waals surface area (Å²) in [6.45, 7) is 0.984. The van der Waals surface area contributed by atoms with Gasteiger partial charge in [0.15, 0.2) is 0 Å². The highest BCUT2D eigenvalue weighted by atomic mass is 35.5. The van der Waals surface area contributed by atoms with Gasteiger partial charge in [0.05, 0.1) is 23.6 Å². The van der Waals surface area contributed by atoms with Crippen LogP contribution in [0.1, 0.15) is 16.8 Å². The normalized spacial score (nSPS) is 10.0. The highest BCUT2D eigenvalue weighted by Crippen LogP contribution is 2.14. The number of benzene rings is 2. The van der Waals surface area contributed by atoms with Crippen LogP contribution in [0.5, 0.6) is 5.75 Å². The zero-order valence-electron chi connectivity index (χ0n) is 13.1. The van der Waals surface area contributed by atoms with Crippen molar-refractivity contribution in [1.82, 2.24) is 10.6 Å². The summed E-state index contributed by atoms with van der Waals surface area (Å²) < 4.78 is 5.45. The van der Waals surface area contributed by atoms with Gasteiger partial charge in [0.25, 0.3) is 5.91 Å². The summed E-state index contributed by atoms with van der Waals surface area (Å²) in [5, 5.41) is 5.83. The molecule has 24 heavy (non-hydrogen) atoms. The van der Waals surface area contributed by atoms with Gasteiger partial charge >= 0.3 is 0 Å². The van der Waals surface area contributed by atoms with Gasteiger partial charge in [0, 0.05) is 13.1 Å². The molecule has 2 aromatic rings. The first-order valence-corrected chi connectivity index (χ1v) is 8.02. The van der Waals surface area contributed by atoms with Crippen LogP contribution in [0.4, 0.5) is 0 Å². The van der Waals surface area contributed by atoms with Crippen LogP contribution in [0.15, 0.2) is 54.6 Å². The number of hydrogen-bond donors (Lipinski definition) is 2. The van der Waals surface area contributed by atoms with E-state index in [4.69, 9.17) is 16.3 Å². The molecule has 2 aromatic carbocycles. The number of rotatable bonds is 8. The largest absolute Gasteiger partial charge is 0.493 e. The van der Waals surface area contributed by atoms with E-state index in [1.165, 1.54) is 0 Å². The Morgan fingerprint density at radius 3 is 2.33 bits per heavy atom. The molecule has 0 saturated carbocycles. The molecule has 0 bridgehead atoms. The third-order valence-corrected chi connectivity index (χ3v) is 3.52. The molecule has 0 aliphatic rings. The molecule has 0 saturated heterocycles. The number of para-hydroxylation sites is 1. The van der Waals surface area contributed by atoms with Gasteiger partial charge < -0.3 is 15.4 Å². The van der Waals surface area contributed by atoms with E-state index in [1.807, 2.05) is 30.3 Å². The highest BCUT2D eigenvalue weighted by Gasteiger charge is 2.08. The lowest BCUT2D eigenvalue weighted by atomic mass is 10.2. The van der Waals surface area contributed by atoms with Crippen molar-refractivity contribution >= 4 is 23.4 Å². The second-order valence-electron chi connectivity index (χ2n) is 5.00. The second kappa shape index (κ2) is 9.57. The topological polar surface area (TPSA) is 67.4 Å². The predicted molar refractivity (Wildman–Crippen MR) is 93.3 cm³/mol. The summed E-state index contributed by atoms with van der Waals surface area (Å²) >= 11 is 5.95. The smallest absolute Gasteiger partial charge is 0.252 e. The average Bonchev–Trinajstić information content (AvgIpc) is 2.60. The van der Waals surface area contributed by atoms with E-state index in [2.05, 4.69) is 10.6 Å². The van der Waals surface area contributed by atoms with Crippen molar-refractivity contribution in [2.45, 2.75) is 6.42 Å². The molecule has 0 heterocycles. The number of hydrogen-bond acceptors (Lipinski definition) is 3. The Bertz CT molecular complexity index is 677. The molecule has 0 aromatic heterocycles. The van der Waals surface area contributed by atoms with Gasteiger partial charge in [-0.15, -0.1) is 0 Å². The van der Waals surface area contributed by atoms with E-state index >= 15 is 0 Å². The Morgan fingerprint density at radius 1 is 0.917 bits per heavy atom. The molecule has 2 amide bonds. The van der Waals surface area contributed by atoms with Crippen LogP contribution >= 0.6 is 11.6 Å². The van der Waals surface area contributed by atoms with Gasteiger partial charge in [0.1, 0.15) is 5.75 Å². The van der Waals surface area contributed by atoms with Crippen LogP contribution in [-0.2, 0) is 4.79 Å². The Balaban J connectivity index is 1.59. The second-order valence-corrected chi connectivity index (χ2v) is 5.40. The molecule has 0 spiro atoms. The summed E-state index contributed by atoms with van der Waals surface area (Å²) in [5.41, 5.74) is 0.418. The Kier molecular flexibility index (Phi) is 7.11. The average molecular weight is 347 g/mol. The maximum Gasteiger partial charge on any atom is 0.252 e. The summed E-state index contributed by atoms with van der Waals surface area (Å²) in [6.07, 6.45) is 0.257. The molecule has 6 heteroatoms. The maximum atomic E-state index is 11.9. The molecule has 0 atom stereocenters. The lowest BCUT2D eigenvalue weighted by molar-refractivity contribution is -0.121. The van der Waals surface area contributed by atoms with Gasteiger partial charge in [0.2, 0.25) is 5.91 Å². The van der Waals surface area contributed by atoms with Crippen molar-refractivity contribution in [3.8, 4) is 5.75 Å². The minimum atomic E-state index is -0.262. The van der Waals surface area contributed by atoms with E-state index in [9.17, 15) is 9.59 Å². The number of ether oxygens (including phenoxy) is 1. The molecule has 0 radical (unpaired) electrons. The Labute approximate surface area is 146 Å². The first-order valence-electron chi connectivity index (χ1n) is 7.64. The first-order chi connectivity index (χ1) is 11.7. The van der Waals surface area contributed by atoms with E-state index in [-0.39, 0.29) is 18.2 Å². The zero-order chi connectivity index (χ0) is 17.2. The van der Waals surface area contributed by atoms with E-state index < -0.39 is 0 Å². The number of nitrogens with one attached hydrogen (secondary N) is 2. The number of halogens is 1. The molecule has 2 rings (SSSR count). The number of amides is 2. The van der Waals surface area contributed by atoms with Gasteiger partial charge in [-0.05, 0) is 24.3 Å². The molecule has 2 N–H and O–H groups in total. The molecular weight excluding hydrogens is 328 g/mol. The maximum absolute atomic E-state index is 11.9. The monoisotopic (exact) mass is 346 g/mol. The van der Waals surface area contributed by atoms with Crippen molar-refractivity contribution in [2.75, 3.05) is 19.7 Å². The minimum Gasteiger partial charge on any atom is -0.493 e. The van der Waals surface area contributed by atoms with Gasteiger partial charge in [-0.3, -0.25) is 9.59 Å². The molecule has 0 aliphatic heterocycles. The standard InChI is InChI=1S/C18H19ClN2O3/c19-16-9-5-4-8-15(16)18(23)21-12-11-20-17(22)10-13-24-14-6-2-1-3-7-14/h1-9H,10-13H2,(H,20,22)(H,21,23). The van der Waals surface area contributed by atoms with Crippen molar-refractivity contribution < 1.29 is 14.3 Å². The van der Waals surface area contributed by atoms with Crippen LogP contribution < -0.4 is 15.4 Å². The van der Waals surface area contributed by atoms with E-state index in [1.54, 1.807) is 24.3 Å². The van der Waals surface area contributed by atoms with Crippen LogP contribution in [0.25, 0.3) is 0 Å². The Hall–Kier alpha value is -2.53. The third-order valence-electron chi connectivity index (χ3n) is 3.19. The summed E-state index contributed by atoms with van der Waals surface area (Å²) in [7, 11) is 0. The lowest BCUT2D eigenvalue weighted by Crippen LogP contribution is -2.35. The first kappa shape index (κ1) is 17.8. The van der Waals surface area contributed by atoms with Crippen molar-refractivity contribution in [3.05, 3.63) is 65.2 Å². The van der Waals surface area contributed by atoms with E-state index in [0.29, 0.717) is 30.3 Å². The Morgan fingerprint density at radius 2 is 1.58 bits per heavy atom. The quantitative estimate of drug-likeness (QED) is 0.722. The van der Waals surface area contributed by atoms with Crippen molar-refractivity contribution in [3.63, 3.8) is 0 Å². The van der Waals surface area contributed by atoms with Crippen molar-refractivity contribution in [1.29, 1.82) is 0 Å². The summed E-state index contributed by atoms with van der Waals surface area (Å²) in [6, 6.07) is 16.1. The van der Waals surface area contributed by atoms with Gasteiger partial charge in [-0.2, -0.15) is 0 Å². The van der Waals surface area contributed by atoms with Crippen LogP contribution in [0.2, 0.25) is 5.02 Å². The molecule has 0 aliphatic carbocycles. The number of carbonyl (C=O) groups excluding carboxylic acids is 2. The minimum absolute atomic E-state index is 0.127. The molecule has 5 nitrogen and oxygen atoms in total. The van der Waals surface area contributed by atoms with Crippen LogP contribution in [-0.4, -0.2) is 31.5 Å². The van der Waals surface area contributed by atoms with Gasteiger partial charge in [-0.25, -0.2) is 0 Å². The molecule has 0 unspecified atom stereocenters. The lowest BCUT2D eigenvalue weighted by Gasteiger charge is -2.09. The van der Waals surface area contributed by atoms with E-state index in [0.717, 1.165) is 5.75 Å². The number of carbonyl (C=O) groups is 2. The van der Waals surface area contributed by atoms with Gasteiger partial charge in [-0.1, -0.05) is 41.9 Å². The molecular formula is C18H19ClN2O3. The summed E-state index contributed by atoms with van der Waals surface area (Å²) in [5.74, 6) is 0.345. The fraction of sp³-hybridized carbons (Fsp3) is 0.222. The SMILES string of the molecule is O=C(CCOc1ccccc1)NCCNC(=O)c1ccccc1Cl. The van der Waals surface area contributed by atoms with Crippen LogP contribution in [0.3, 0.4) is 0 Å². The van der Waals surface area contributed by atoms with Crippen molar-refractivity contribution in [2.24, 2.45) is 0 Å². The molecule has 0 fully saturated rings. The summed E-state index contributed by atoms with van der Waals surface area (Å²) in [4.78, 5) is 23.6. The third kappa shape index (κ3) is 5.93. The fourth-order valence-electron chi connectivity index (χ4n) is 1.99. The fourth-order valence-corrected chi connectivity index (χ4v) is 2.21. The highest BCUT2D eigenvalue weighted by molar-refractivity contribution is 6.33.